The maximum absolute atomic E-state index is 14.3. The Morgan fingerprint density at radius 1 is 1.11 bits per heavy atom. The maximum atomic E-state index is 14.3. The first-order valence-electron chi connectivity index (χ1n) is 12.4. The molecule has 9 heteroatoms. The van der Waals surface area contributed by atoms with Gasteiger partial charge in [-0.2, -0.15) is 0 Å². The maximum Gasteiger partial charge on any atom is 0.407 e. The number of methoxy groups -OCH3 is 1. The molecule has 7 nitrogen and oxygen atoms in total. The van der Waals surface area contributed by atoms with E-state index in [0.29, 0.717) is 48.7 Å². The van der Waals surface area contributed by atoms with Crippen LogP contribution in [-0.4, -0.2) is 57.1 Å². The van der Waals surface area contributed by atoms with Crippen LogP contribution in [0.5, 0.6) is 0 Å². The number of amides is 1. The summed E-state index contributed by atoms with van der Waals surface area (Å²) in [7, 11) is 1.61. The predicted molar refractivity (Wildman–Crippen MR) is 143 cm³/mol. The van der Waals surface area contributed by atoms with Crippen LogP contribution in [0.15, 0.2) is 42.5 Å². The van der Waals surface area contributed by atoms with Gasteiger partial charge in [0.05, 0.1) is 19.1 Å². The van der Waals surface area contributed by atoms with Gasteiger partial charge in [-0.1, -0.05) is 35.9 Å². The summed E-state index contributed by atoms with van der Waals surface area (Å²) >= 11 is 6.04. The van der Waals surface area contributed by atoms with Gasteiger partial charge in [-0.05, 0) is 69.9 Å². The molecule has 0 radical (unpaired) electrons. The molecule has 0 aliphatic rings. The van der Waals surface area contributed by atoms with Crippen LogP contribution in [0.2, 0.25) is 5.02 Å². The molecule has 0 aliphatic carbocycles. The minimum absolute atomic E-state index is 0.263. The van der Waals surface area contributed by atoms with Gasteiger partial charge in [0.15, 0.2) is 0 Å². The molecule has 2 rings (SSSR count). The van der Waals surface area contributed by atoms with E-state index in [9.17, 15) is 14.0 Å². The number of carbonyl (C=O) groups is 2. The van der Waals surface area contributed by atoms with Crippen LogP contribution in [-0.2, 0) is 25.4 Å². The van der Waals surface area contributed by atoms with Gasteiger partial charge in [0.1, 0.15) is 11.4 Å². The van der Waals surface area contributed by atoms with E-state index in [4.69, 9.17) is 25.8 Å². The Bertz CT molecular complexity index is 1010. The number of rotatable bonds is 13. The first-order valence-corrected chi connectivity index (χ1v) is 12.8. The molecule has 2 aromatic carbocycles. The lowest BCUT2D eigenvalue weighted by molar-refractivity contribution is -0.148. The number of hydrogen-bond acceptors (Lipinski definition) is 6. The Labute approximate surface area is 224 Å². The highest BCUT2D eigenvalue weighted by molar-refractivity contribution is 6.30. The minimum Gasteiger partial charge on any atom is -0.466 e. The van der Waals surface area contributed by atoms with Gasteiger partial charge in [0.2, 0.25) is 0 Å². The summed E-state index contributed by atoms with van der Waals surface area (Å²) in [5.41, 5.74) is 1.33. The summed E-state index contributed by atoms with van der Waals surface area (Å²) in [6.45, 7) is 8.85. The number of ether oxygens (including phenoxy) is 3. The molecule has 2 N–H and O–H groups in total. The zero-order valence-corrected chi connectivity index (χ0v) is 23.0. The summed E-state index contributed by atoms with van der Waals surface area (Å²) < 4.78 is 30.1. The minimum atomic E-state index is -0.667. The van der Waals surface area contributed by atoms with E-state index in [0.717, 1.165) is 5.56 Å². The van der Waals surface area contributed by atoms with Crippen LogP contribution in [0.4, 0.5) is 9.18 Å². The quantitative estimate of drug-likeness (QED) is 0.264. The smallest absolute Gasteiger partial charge is 0.407 e. The van der Waals surface area contributed by atoms with Gasteiger partial charge in [-0.3, -0.25) is 4.79 Å². The lowest BCUT2D eigenvalue weighted by Crippen LogP contribution is -2.43. The molecule has 1 amide bonds. The van der Waals surface area contributed by atoms with Gasteiger partial charge in [-0.25, -0.2) is 9.18 Å². The van der Waals surface area contributed by atoms with Crippen LogP contribution < -0.4 is 10.6 Å². The van der Waals surface area contributed by atoms with Crippen molar-refractivity contribution in [1.29, 1.82) is 0 Å². The van der Waals surface area contributed by atoms with E-state index in [-0.39, 0.29) is 18.4 Å². The predicted octanol–water partition coefficient (Wildman–Crippen LogP) is 5.39. The molecule has 204 valence electrons. The summed E-state index contributed by atoms with van der Waals surface area (Å²) in [5.74, 6) is -1.19. The van der Waals surface area contributed by atoms with Crippen molar-refractivity contribution < 1.29 is 28.2 Å². The van der Waals surface area contributed by atoms with E-state index in [1.165, 1.54) is 12.1 Å². The standard InChI is InChI=1S/C28H38ClFN2O5/c1-6-36-26(33)21(18-31-13-14-35-5)16-23(32-27(34)37-28(2,3)4)15-19-7-9-20(10-8-19)24-17-22(29)11-12-25(24)30/h7-12,17,21,23,31H,6,13-16,18H2,1-5H3,(H,32,34). The first kappa shape index (κ1) is 30.5. The van der Waals surface area contributed by atoms with E-state index in [2.05, 4.69) is 10.6 Å². The molecular weight excluding hydrogens is 499 g/mol. The van der Waals surface area contributed by atoms with Crippen LogP contribution in [0.3, 0.4) is 0 Å². The molecule has 0 aliphatic heterocycles. The molecule has 0 saturated carbocycles. The fraction of sp³-hybridized carbons (Fsp3) is 0.500. The normalized spacial score (nSPS) is 13.1. The summed E-state index contributed by atoms with van der Waals surface area (Å²) in [6, 6.07) is 11.4. The molecule has 0 spiro atoms. The van der Waals surface area contributed by atoms with E-state index in [1.54, 1.807) is 40.9 Å². The molecule has 0 fully saturated rings. The lowest BCUT2D eigenvalue weighted by Gasteiger charge is -2.26. The van der Waals surface area contributed by atoms with Crippen LogP contribution >= 0.6 is 11.6 Å². The number of benzene rings is 2. The topological polar surface area (TPSA) is 85.9 Å². The van der Waals surface area contributed by atoms with Crippen LogP contribution in [0.25, 0.3) is 11.1 Å². The molecule has 2 atom stereocenters. The average Bonchev–Trinajstić information content (AvgIpc) is 2.82. The molecule has 0 heterocycles. The number of halogens is 2. The number of nitrogens with one attached hydrogen (secondary N) is 2. The highest BCUT2D eigenvalue weighted by atomic mass is 35.5. The average molecular weight is 537 g/mol. The second kappa shape index (κ2) is 14.9. The van der Waals surface area contributed by atoms with Crippen molar-refractivity contribution >= 4 is 23.7 Å². The Hall–Kier alpha value is -2.68. The van der Waals surface area contributed by atoms with Crippen molar-refractivity contribution in [3.8, 4) is 11.1 Å². The molecule has 0 bridgehead atoms. The van der Waals surface area contributed by atoms with Crippen LogP contribution in [0.1, 0.15) is 39.7 Å². The zero-order chi connectivity index (χ0) is 27.4. The monoisotopic (exact) mass is 536 g/mol. The Kier molecular flexibility index (Phi) is 12.3. The number of alkyl carbamates (subject to hydrolysis) is 1. The number of esters is 1. The van der Waals surface area contributed by atoms with E-state index >= 15 is 0 Å². The van der Waals surface area contributed by atoms with Gasteiger partial charge >= 0.3 is 12.1 Å². The van der Waals surface area contributed by atoms with Crippen LogP contribution in [0, 0.1) is 11.7 Å². The van der Waals surface area contributed by atoms with Crippen molar-refractivity contribution in [3.05, 3.63) is 58.9 Å². The summed E-state index contributed by atoms with van der Waals surface area (Å²) in [4.78, 5) is 25.3. The van der Waals surface area contributed by atoms with E-state index in [1.807, 2.05) is 24.3 Å². The van der Waals surface area contributed by atoms with Crippen molar-refractivity contribution in [2.24, 2.45) is 5.92 Å². The van der Waals surface area contributed by atoms with Crippen molar-refractivity contribution in [2.75, 3.05) is 33.4 Å². The first-order chi connectivity index (χ1) is 17.5. The third-order valence-electron chi connectivity index (χ3n) is 5.46. The van der Waals surface area contributed by atoms with Gasteiger partial charge in [-0.15, -0.1) is 0 Å². The summed E-state index contributed by atoms with van der Waals surface area (Å²) in [6.07, 6.45) is 0.207. The fourth-order valence-corrected chi connectivity index (χ4v) is 3.98. The Morgan fingerprint density at radius 3 is 2.43 bits per heavy atom. The SMILES string of the molecule is CCOC(=O)C(CNCCOC)CC(Cc1ccc(-c2cc(Cl)ccc2F)cc1)NC(=O)OC(C)(C)C. The third-order valence-corrected chi connectivity index (χ3v) is 5.69. The van der Waals surface area contributed by atoms with Gasteiger partial charge < -0.3 is 24.8 Å². The third kappa shape index (κ3) is 11.1. The molecule has 0 aromatic heterocycles. The highest BCUT2D eigenvalue weighted by Gasteiger charge is 2.27. The second-order valence-corrected chi connectivity index (χ2v) is 10.2. The van der Waals surface area contributed by atoms with Crippen molar-refractivity contribution in [3.63, 3.8) is 0 Å². The Morgan fingerprint density at radius 2 is 1.81 bits per heavy atom. The number of carbonyl (C=O) groups excluding carboxylic acids is 2. The number of hydrogen-bond donors (Lipinski definition) is 2. The van der Waals surface area contributed by atoms with E-state index < -0.39 is 23.7 Å². The molecular formula is C28H38ClFN2O5. The molecule has 0 saturated heterocycles. The highest BCUT2D eigenvalue weighted by Crippen LogP contribution is 2.27. The molecule has 2 unspecified atom stereocenters. The van der Waals surface area contributed by atoms with Gasteiger partial charge in [0, 0.05) is 36.8 Å². The molecule has 37 heavy (non-hydrogen) atoms. The van der Waals surface area contributed by atoms with Gasteiger partial charge in [0.25, 0.3) is 0 Å². The van der Waals surface area contributed by atoms with Crippen molar-refractivity contribution in [1.82, 2.24) is 10.6 Å². The fourth-order valence-electron chi connectivity index (χ4n) is 3.81. The largest absolute Gasteiger partial charge is 0.466 e. The Balaban J connectivity index is 2.22. The lowest BCUT2D eigenvalue weighted by atomic mass is 9.93. The zero-order valence-electron chi connectivity index (χ0n) is 22.2. The molecule has 2 aromatic rings. The second-order valence-electron chi connectivity index (χ2n) is 9.75. The van der Waals surface area contributed by atoms with Crippen molar-refractivity contribution in [2.45, 2.75) is 52.2 Å². The summed E-state index contributed by atoms with van der Waals surface area (Å²) in [5, 5.41) is 6.57.